The summed E-state index contributed by atoms with van der Waals surface area (Å²) >= 11 is 0. The molecule has 28 heavy (non-hydrogen) atoms. The minimum absolute atomic E-state index is 0.0478. The van der Waals surface area contributed by atoms with Crippen molar-refractivity contribution in [2.45, 2.75) is 33.1 Å². The largest absolute Gasteiger partial charge is 0.295 e. The molecule has 2 nitrogen and oxygen atoms in total. The molecule has 142 valence electrons. The van der Waals surface area contributed by atoms with E-state index in [1.54, 1.807) is 18.2 Å². The quantitative estimate of drug-likeness (QED) is 0.408. The Labute approximate surface area is 166 Å². The van der Waals surface area contributed by atoms with E-state index in [9.17, 15) is 14.4 Å². The molecule has 2 aromatic carbocycles. The summed E-state index contributed by atoms with van der Waals surface area (Å²) in [5.41, 5.74) is 4.63. The summed E-state index contributed by atoms with van der Waals surface area (Å²) in [6, 6.07) is 16.1. The van der Waals surface area contributed by atoms with Crippen molar-refractivity contribution in [2.75, 3.05) is 0 Å². The Kier molecular flexibility index (Phi) is 7.65. The van der Waals surface area contributed by atoms with Gasteiger partial charge in [0.2, 0.25) is 0 Å². The van der Waals surface area contributed by atoms with Crippen molar-refractivity contribution in [3.8, 4) is 6.07 Å². The van der Waals surface area contributed by atoms with Crippen molar-refractivity contribution in [1.29, 1.82) is 5.26 Å². The Morgan fingerprint density at radius 1 is 1.14 bits per heavy atom. The van der Waals surface area contributed by atoms with Crippen molar-refractivity contribution in [2.24, 2.45) is 0 Å². The zero-order valence-electron chi connectivity index (χ0n) is 16.3. The lowest BCUT2D eigenvalue weighted by Gasteiger charge is -2.09. The van der Waals surface area contributed by atoms with Crippen molar-refractivity contribution in [3.63, 3.8) is 0 Å². The summed E-state index contributed by atoms with van der Waals surface area (Å²) in [5, 5.41) is 9.25. The number of carbonyl (C=O) groups excluding carboxylic acids is 1. The molecule has 0 saturated carbocycles. The van der Waals surface area contributed by atoms with Crippen LogP contribution in [-0.4, -0.2) is 5.78 Å². The zero-order valence-corrected chi connectivity index (χ0v) is 16.3. The van der Waals surface area contributed by atoms with Gasteiger partial charge >= 0.3 is 0 Å². The van der Waals surface area contributed by atoms with Crippen LogP contribution in [0.25, 0.3) is 5.57 Å². The summed E-state index contributed by atoms with van der Waals surface area (Å²) in [5.74, 6) is -0.285. The number of allylic oxidation sites excluding steroid dienone is 5. The van der Waals surface area contributed by atoms with Gasteiger partial charge in [0.15, 0.2) is 5.78 Å². The van der Waals surface area contributed by atoms with Crippen LogP contribution in [0.5, 0.6) is 0 Å². The Bertz CT molecular complexity index is 976. The van der Waals surface area contributed by atoms with Crippen molar-refractivity contribution < 1.29 is 9.18 Å². The second-order valence-corrected chi connectivity index (χ2v) is 6.73. The lowest BCUT2D eigenvalue weighted by Crippen LogP contribution is -2.00. The number of aryl methyl sites for hydroxylation is 1. The minimum Gasteiger partial charge on any atom is -0.295 e. The maximum absolute atomic E-state index is 13.3. The van der Waals surface area contributed by atoms with Crippen LogP contribution in [0.4, 0.5) is 4.39 Å². The minimum atomic E-state index is -0.237. The number of rotatable bonds is 8. The first kappa shape index (κ1) is 21.1. The molecule has 0 amide bonds. The van der Waals surface area contributed by atoms with E-state index in [-0.39, 0.29) is 11.6 Å². The molecular weight excluding hydrogens is 349 g/mol. The summed E-state index contributed by atoms with van der Waals surface area (Å²) in [6.45, 7) is 7.50. The predicted octanol–water partition coefficient (Wildman–Crippen LogP) is 6.20. The average molecular weight is 373 g/mol. The molecule has 0 aromatic heterocycles. The predicted molar refractivity (Wildman–Crippen MR) is 112 cm³/mol. The molecule has 0 aliphatic rings. The Morgan fingerprint density at radius 3 is 2.57 bits per heavy atom. The van der Waals surface area contributed by atoms with Gasteiger partial charge in [0, 0.05) is 5.57 Å². The third-order valence-electron chi connectivity index (χ3n) is 4.57. The van der Waals surface area contributed by atoms with Gasteiger partial charge in [-0.2, -0.15) is 5.26 Å². The van der Waals surface area contributed by atoms with Crippen LogP contribution in [0, 0.1) is 17.1 Å². The molecule has 0 atom stereocenters. The van der Waals surface area contributed by atoms with Crippen molar-refractivity contribution in [3.05, 3.63) is 101 Å². The zero-order chi connectivity index (χ0) is 20.5. The number of halogens is 1. The van der Waals surface area contributed by atoms with Crippen LogP contribution < -0.4 is 0 Å². The number of nitrogens with zero attached hydrogens (tertiary/aromatic N) is 1. The van der Waals surface area contributed by atoms with Gasteiger partial charge < -0.3 is 0 Å². The van der Waals surface area contributed by atoms with Crippen LogP contribution in [0.3, 0.4) is 0 Å². The highest BCUT2D eigenvalue weighted by atomic mass is 19.1. The van der Waals surface area contributed by atoms with Crippen LogP contribution in [0.15, 0.2) is 78.4 Å². The van der Waals surface area contributed by atoms with E-state index in [2.05, 4.69) is 12.6 Å². The number of hydrogen-bond donors (Lipinski definition) is 0. The van der Waals surface area contributed by atoms with Crippen molar-refractivity contribution >= 4 is 11.4 Å². The topological polar surface area (TPSA) is 40.9 Å². The molecule has 0 radical (unpaired) electrons. The Hall–Kier alpha value is -3.25. The summed E-state index contributed by atoms with van der Waals surface area (Å²) in [7, 11) is 0. The van der Waals surface area contributed by atoms with E-state index in [1.807, 2.05) is 37.3 Å². The van der Waals surface area contributed by atoms with Gasteiger partial charge in [0.1, 0.15) is 5.82 Å². The SMILES string of the molecule is C=C(CCCc1cccc(F)c1)/C(=C\C=C(/C)c1ccccc1C#N)C(C)=O. The normalized spacial score (nSPS) is 11.8. The number of nitriles is 1. The van der Waals surface area contributed by atoms with Gasteiger partial charge in [0.25, 0.3) is 0 Å². The summed E-state index contributed by atoms with van der Waals surface area (Å²) < 4.78 is 13.3. The Balaban J connectivity index is 2.09. The van der Waals surface area contributed by atoms with Gasteiger partial charge in [-0.15, -0.1) is 0 Å². The van der Waals surface area contributed by atoms with E-state index in [1.165, 1.54) is 19.1 Å². The molecule has 0 bridgehead atoms. The average Bonchev–Trinajstić information content (AvgIpc) is 2.67. The molecule has 0 unspecified atom stereocenters. The lowest BCUT2D eigenvalue weighted by atomic mass is 9.95. The first-order valence-electron chi connectivity index (χ1n) is 9.24. The number of ketones is 1. The van der Waals surface area contributed by atoms with Gasteiger partial charge in [-0.3, -0.25) is 4.79 Å². The molecule has 2 rings (SSSR count). The molecule has 0 fully saturated rings. The van der Waals surface area contributed by atoms with Crippen LogP contribution in [0.1, 0.15) is 43.4 Å². The second-order valence-electron chi connectivity index (χ2n) is 6.73. The van der Waals surface area contributed by atoms with Crippen LogP contribution in [-0.2, 0) is 11.2 Å². The van der Waals surface area contributed by atoms with E-state index < -0.39 is 0 Å². The molecular formula is C25H24FNO. The standard InChI is InChI=1S/C25H24FNO/c1-18(8-6-9-21-10-7-12-23(26)16-21)24(20(3)28)15-14-19(2)25-13-5-4-11-22(25)17-27/h4-5,7,10-16H,1,6,8-9H2,2-3H3/b19-14+,24-15+. The highest BCUT2D eigenvalue weighted by molar-refractivity contribution is 5.98. The number of carbonyl (C=O) groups is 1. The van der Waals surface area contributed by atoms with Gasteiger partial charge in [-0.05, 0) is 73.6 Å². The molecule has 0 N–H and O–H groups in total. The molecule has 0 spiro atoms. The Morgan fingerprint density at radius 2 is 1.89 bits per heavy atom. The fourth-order valence-electron chi connectivity index (χ4n) is 3.04. The maximum Gasteiger partial charge on any atom is 0.160 e. The number of Topliss-reactive ketones (excluding diaryl/α,β-unsaturated/α-hetero) is 1. The second kappa shape index (κ2) is 10.2. The maximum atomic E-state index is 13.3. The fraction of sp³-hybridized carbons (Fsp3) is 0.200. The molecule has 0 aliphatic heterocycles. The molecule has 2 aromatic rings. The van der Waals surface area contributed by atoms with Crippen molar-refractivity contribution in [1.82, 2.24) is 0 Å². The molecule has 0 saturated heterocycles. The van der Waals surface area contributed by atoms with E-state index in [0.29, 0.717) is 17.6 Å². The monoisotopic (exact) mass is 373 g/mol. The van der Waals surface area contributed by atoms with Gasteiger partial charge in [0.05, 0.1) is 11.6 Å². The van der Waals surface area contributed by atoms with E-state index in [0.717, 1.165) is 35.1 Å². The van der Waals surface area contributed by atoms with Crippen LogP contribution >= 0.6 is 0 Å². The van der Waals surface area contributed by atoms with Crippen LogP contribution in [0.2, 0.25) is 0 Å². The first-order valence-corrected chi connectivity index (χ1v) is 9.24. The smallest absolute Gasteiger partial charge is 0.160 e. The van der Waals surface area contributed by atoms with Gasteiger partial charge in [-0.25, -0.2) is 4.39 Å². The van der Waals surface area contributed by atoms with E-state index >= 15 is 0 Å². The number of benzene rings is 2. The summed E-state index contributed by atoms with van der Waals surface area (Å²) in [6.07, 6.45) is 5.80. The van der Waals surface area contributed by atoms with Gasteiger partial charge in [-0.1, -0.05) is 49.1 Å². The molecule has 0 heterocycles. The summed E-state index contributed by atoms with van der Waals surface area (Å²) in [4.78, 5) is 12.1. The lowest BCUT2D eigenvalue weighted by molar-refractivity contribution is -0.113. The third-order valence-corrected chi connectivity index (χ3v) is 4.57. The third kappa shape index (κ3) is 5.89. The molecule has 0 aliphatic carbocycles. The van der Waals surface area contributed by atoms with E-state index in [4.69, 9.17) is 0 Å². The fourth-order valence-corrected chi connectivity index (χ4v) is 3.04. The highest BCUT2D eigenvalue weighted by Crippen LogP contribution is 2.21. The first-order chi connectivity index (χ1) is 13.4. The molecule has 3 heteroatoms. The number of hydrogen-bond acceptors (Lipinski definition) is 2. The highest BCUT2D eigenvalue weighted by Gasteiger charge is 2.09.